The molecule has 0 aromatic rings. The molecule has 1 N–H and O–H groups in total. The highest BCUT2D eigenvalue weighted by Gasteiger charge is 2.23. The Morgan fingerprint density at radius 2 is 1.88 bits per heavy atom. The van der Waals surface area contributed by atoms with Crippen molar-refractivity contribution in [1.29, 1.82) is 0 Å². The number of hydrogen-bond acceptors (Lipinski definition) is 3. The zero-order valence-corrected chi connectivity index (χ0v) is 12.9. The molecule has 1 aliphatic rings. The fourth-order valence-corrected chi connectivity index (χ4v) is 2.54. The van der Waals surface area contributed by atoms with E-state index in [1.54, 1.807) is 11.8 Å². The normalized spacial score (nSPS) is 17.4. The number of piperidine rings is 1. The Labute approximate surface area is 115 Å². The molecule has 0 aromatic heterocycles. The molecule has 1 fully saturated rings. The largest absolute Gasteiger partial charge is 0.342 e. The minimum atomic E-state index is 0. The van der Waals surface area contributed by atoms with Crippen LogP contribution >= 0.6 is 24.2 Å². The fraction of sp³-hybridized carbons (Fsp3) is 0.917. The van der Waals surface area contributed by atoms with Crippen LogP contribution in [0.15, 0.2) is 0 Å². The monoisotopic (exact) mass is 280 g/mol. The molecule has 0 spiro atoms. The third-order valence-corrected chi connectivity index (χ3v) is 4.14. The number of carbonyl (C=O) groups excluding carboxylic acids is 1. The number of nitrogens with zero attached hydrogens (tertiary/aromatic N) is 1. The van der Waals surface area contributed by atoms with Gasteiger partial charge in [-0.25, -0.2) is 0 Å². The van der Waals surface area contributed by atoms with Crippen molar-refractivity contribution in [2.24, 2.45) is 0 Å². The molecule has 0 atom stereocenters. The topological polar surface area (TPSA) is 32.3 Å². The van der Waals surface area contributed by atoms with Gasteiger partial charge in [-0.05, 0) is 25.9 Å². The summed E-state index contributed by atoms with van der Waals surface area (Å²) in [7, 11) is 1.95. The minimum Gasteiger partial charge on any atom is -0.342 e. The van der Waals surface area contributed by atoms with Gasteiger partial charge in [0.2, 0.25) is 5.91 Å². The predicted octanol–water partition coefficient (Wildman–Crippen LogP) is 2.15. The van der Waals surface area contributed by atoms with Gasteiger partial charge in [0.15, 0.2) is 0 Å². The van der Waals surface area contributed by atoms with Crippen LogP contribution in [0.1, 0.15) is 33.6 Å². The van der Waals surface area contributed by atoms with Crippen molar-refractivity contribution in [2.45, 2.75) is 44.4 Å². The van der Waals surface area contributed by atoms with Gasteiger partial charge in [0.1, 0.15) is 0 Å². The number of amides is 1. The van der Waals surface area contributed by atoms with E-state index >= 15 is 0 Å². The van der Waals surface area contributed by atoms with Crippen LogP contribution in [0.25, 0.3) is 0 Å². The van der Waals surface area contributed by atoms with Gasteiger partial charge in [0.25, 0.3) is 0 Å². The summed E-state index contributed by atoms with van der Waals surface area (Å²) in [6.07, 6.45) is 2.17. The molecule has 0 aliphatic carbocycles. The molecule has 0 saturated carbocycles. The summed E-state index contributed by atoms with van der Waals surface area (Å²) in [6.45, 7) is 8.52. The standard InChI is InChI=1S/C12H24N2OS.ClH/c1-12(2,3)16-9-11(15)14(4)10-5-7-13-8-6-10;/h10,13H,5-9H2,1-4H3;1H. The molecule has 0 radical (unpaired) electrons. The smallest absolute Gasteiger partial charge is 0.232 e. The van der Waals surface area contributed by atoms with E-state index in [1.807, 2.05) is 11.9 Å². The lowest BCUT2D eigenvalue weighted by molar-refractivity contribution is -0.129. The second-order valence-corrected chi connectivity index (χ2v) is 7.19. The lowest BCUT2D eigenvalue weighted by Gasteiger charge is -2.32. The van der Waals surface area contributed by atoms with Crippen molar-refractivity contribution in [2.75, 3.05) is 25.9 Å². The average molecular weight is 281 g/mol. The number of halogens is 1. The minimum absolute atomic E-state index is 0. The molecule has 0 unspecified atom stereocenters. The molecule has 17 heavy (non-hydrogen) atoms. The maximum Gasteiger partial charge on any atom is 0.232 e. The second-order valence-electron chi connectivity index (χ2n) is 5.39. The van der Waals surface area contributed by atoms with Crippen LogP contribution in [0, 0.1) is 0 Å². The average Bonchev–Trinajstić information content (AvgIpc) is 2.25. The third kappa shape index (κ3) is 6.53. The van der Waals surface area contributed by atoms with Crippen molar-refractivity contribution in [3.05, 3.63) is 0 Å². The summed E-state index contributed by atoms with van der Waals surface area (Å²) in [5.74, 6) is 0.871. The highest BCUT2D eigenvalue weighted by Crippen LogP contribution is 2.23. The second kappa shape index (κ2) is 7.49. The van der Waals surface area contributed by atoms with Crippen molar-refractivity contribution < 1.29 is 4.79 Å². The van der Waals surface area contributed by atoms with E-state index in [4.69, 9.17) is 0 Å². The van der Waals surface area contributed by atoms with Crippen LogP contribution in [0.5, 0.6) is 0 Å². The molecule has 1 saturated heterocycles. The molecule has 0 aromatic carbocycles. The Kier molecular flexibility index (Phi) is 7.52. The van der Waals surface area contributed by atoms with E-state index < -0.39 is 0 Å². The molecule has 1 amide bonds. The van der Waals surface area contributed by atoms with Gasteiger partial charge in [0, 0.05) is 17.8 Å². The van der Waals surface area contributed by atoms with Crippen LogP contribution < -0.4 is 5.32 Å². The van der Waals surface area contributed by atoms with E-state index in [2.05, 4.69) is 26.1 Å². The molecule has 1 aliphatic heterocycles. The molecule has 5 heteroatoms. The van der Waals surface area contributed by atoms with E-state index in [0.717, 1.165) is 25.9 Å². The summed E-state index contributed by atoms with van der Waals surface area (Å²) in [5, 5.41) is 3.32. The third-order valence-electron chi connectivity index (χ3n) is 2.88. The van der Waals surface area contributed by atoms with Crippen molar-refractivity contribution >= 4 is 30.1 Å². The van der Waals surface area contributed by atoms with Gasteiger partial charge in [-0.3, -0.25) is 4.79 Å². The molecular formula is C12H25ClN2OS. The Morgan fingerprint density at radius 3 is 2.35 bits per heavy atom. The SMILES string of the molecule is CN(C(=O)CSC(C)(C)C)C1CCNCC1.Cl. The molecule has 102 valence electrons. The number of nitrogens with one attached hydrogen (secondary N) is 1. The van der Waals surface area contributed by atoms with Crippen molar-refractivity contribution in [3.63, 3.8) is 0 Å². The Morgan fingerprint density at radius 1 is 1.35 bits per heavy atom. The highest BCUT2D eigenvalue weighted by atomic mass is 35.5. The highest BCUT2D eigenvalue weighted by molar-refractivity contribution is 8.01. The lowest BCUT2D eigenvalue weighted by atomic mass is 10.1. The van der Waals surface area contributed by atoms with Crippen LogP contribution in [-0.4, -0.2) is 47.5 Å². The number of rotatable bonds is 3. The number of thioether (sulfide) groups is 1. The molecule has 0 bridgehead atoms. The summed E-state index contributed by atoms with van der Waals surface area (Å²) in [5.41, 5.74) is 0. The van der Waals surface area contributed by atoms with Crippen molar-refractivity contribution in [1.82, 2.24) is 10.2 Å². The Bertz CT molecular complexity index is 237. The van der Waals surface area contributed by atoms with E-state index in [-0.39, 0.29) is 23.1 Å². The van der Waals surface area contributed by atoms with Crippen LogP contribution in [0.2, 0.25) is 0 Å². The molecule has 1 rings (SSSR count). The first-order valence-corrected chi connectivity index (χ1v) is 6.99. The molecular weight excluding hydrogens is 256 g/mol. The molecule has 1 heterocycles. The predicted molar refractivity (Wildman–Crippen MR) is 78.1 cm³/mol. The summed E-state index contributed by atoms with van der Waals surface area (Å²) >= 11 is 1.73. The van der Waals surface area contributed by atoms with Gasteiger partial charge in [0.05, 0.1) is 5.75 Å². The number of carbonyl (C=O) groups is 1. The summed E-state index contributed by atoms with van der Waals surface area (Å²) < 4.78 is 0.171. The first kappa shape index (κ1) is 17.1. The van der Waals surface area contributed by atoms with Gasteiger partial charge in [-0.2, -0.15) is 0 Å². The first-order valence-electron chi connectivity index (χ1n) is 6.00. The maximum absolute atomic E-state index is 12.0. The fourth-order valence-electron chi connectivity index (χ4n) is 1.78. The zero-order chi connectivity index (χ0) is 12.2. The summed E-state index contributed by atoms with van der Waals surface area (Å²) in [4.78, 5) is 13.9. The van der Waals surface area contributed by atoms with E-state index in [1.165, 1.54) is 0 Å². The quantitative estimate of drug-likeness (QED) is 0.860. The molecule has 3 nitrogen and oxygen atoms in total. The van der Waals surface area contributed by atoms with Crippen LogP contribution in [0.3, 0.4) is 0 Å². The first-order chi connectivity index (χ1) is 7.40. The van der Waals surface area contributed by atoms with Crippen LogP contribution in [-0.2, 0) is 4.79 Å². The number of hydrogen-bond donors (Lipinski definition) is 1. The van der Waals surface area contributed by atoms with E-state index in [0.29, 0.717) is 11.8 Å². The van der Waals surface area contributed by atoms with E-state index in [9.17, 15) is 4.79 Å². The van der Waals surface area contributed by atoms with Crippen LogP contribution in [0.4, 0.5) is 0 Å². The maximum atomic E-state index is 12.0. The van der Waals surface area contributed by atoms with Gasteiger partial charge in [-0.15, -0.1) is 24.2 Å². The van der Waals surface area contributed by atoms with Crippen molar-refractivity contribution in [3.8, 4) is 0 Å². The lowest BCUT2D eigenvalue weighted by Crippen LogP contribution is -2.44. The Hall–Kier alpha value is 0.0700. The Balaban J connectivity index is 0.00000256. The van der Waals surface area contributed by atoms with Gasteiger partial charge >= 0.3 is 0 Å². The van der Waals surface area contributed by atoms with Gasteiger partial charge in [-0.1, -0.05) is 20.8 Å². The van der Waals surface area contributed by atoms with Gasteiger partial charge < -0.3 is 10.2 Å². The summed E-state index contributed by atoms with van der Waals surface area (Å²) in [6, 6.07) is 0.439. The zero-order valence-electron chi connectivity index (χ0n) is 11.3.